The van der Waals surface area contributed by atoms with Crippen molar-refractivity contribution in [1.29, 1.82) is 0 Å². The molecule has 0 spiro atoms. The zero-order chi connectivity index (χ0) is 20.5. The van der Waals surface area contributed by atoms with E-state index in [1.165, 1.54) is 11.8 Å². The highest BCUT2D eigenvalue weighted by atomic mass is 32.2. The van der Waals surface area contributed by atoms with Crippen molar-refractivity contribution in [2.75, 3.05) is 6.79 Å². The number of fused-ring (bicyclic) bond motifs is 1. The first-order chi connectivity index (χ1) is 14.7. The fourth-order valence-corrected chi connectivity index (χ4v) is 4.28. The van der Waals surface area contributed by atoms with Crippen molar-refractivity contribution in [3.63, 3.8) is 0 Å². The van der Waals surface area contributed by atoms with Gasteiger partial charge >= 0.3 is 0 Å². The third-order valence-electron chi connectivity index (χ3n) is 5.17. The van der Waals surface area contributed by atoms with E-state index >= 15 is 0 Å². The number of thioether (sulfide) groups is 1. The second-order valence-electron chi connectivity index (χ2n) is 7.45. The van der Waals surface area contributed by atoms with E-state index in [1.54, 1.807) is 0 Å². The molecule has 1 N–H and O–H groups in total. The number of aromatic nitrogens is 3. The van der Waals surface area contributed by atoms with Crippen LogP contribution in [-0.2, 0) is 11.3 Å². The number of hydrogen-bond donors (Lipinski definition) is 1. The minimum atomic E-state index is -0.308. The monoisotopic (exact) mass is 422 g/mol. The Kier molecular flexibility index (Phi) is 5.08. The summed E-state index contributed by atoms with van der Waals surface area (Å²) in [5, 5.41) is 12.3. The van der Waals surface area contributed by atoms with Gasteiger partial charge < -0.3 is 14.8 Å². The van der Waals surface area contributed by atoms with Crippen molar-refractivity contribution < 1.29 is 14.3 Å². The van der Waals surface area contributed by atoms with Gasteiger partial charge in [0.2, 0.25) is 12.7 Å². The van der Waals surface area contributed by atoms with Gasteiger partial charge in [0.05, 0.1) is 5.25 Å². The summed E-state index contributed by atoms with van der Waals surface area (Å²) in [6, 6.07) is 15.8. The number of carbonyl (C=O) groups is 1. The van der Waals surface area contributed by atoms with E-state index < -0.39 is 0 Å². The summed E-state index contributed by atoms with van der Waals surface area (Å²) in [5.74, 6) is 2.85. The van der Waals surface area contributed by atoms with Gasteiger partial charge in [-0.05, 0) is 49.6 Å². The molecule has 2 aliphatic rings. The minimum absolute atomic E-state index is 0.0479. The smallest absolute Gasteiger partial charge is 0.233 e. The largest absolute Gasteiger partial charge is 0.454 e. The average Bonchev–Trinajstić information content (AvgIpc) is 3.36. The van der Waals surface area contributed by atoms with Crippen LogP contribution in [0, 0.1) is 0 Å². The SMILES string of the molecule is CC(Sc1nnc(C2CC2)n1-c1ccccc1)C(=O)NCc1ccc2c(c1)OCO2. The number of benzene rings is 2. The number of ether oxygens (including phenoxy) is 2. The normalized spacial score (nSPS) is 15.8. The molecule has 1 unspecified atom stereocenters. The fourth-order valence-electron chi connectivity index (χ4n) is 3.38. The van der Waals surface area contributed by atoms with E-state index in [4.69, 9.17) is 9.47 Å². The maximum absolute atomic E-state index is 12.7. The van der Waals surface area contributed by atoms with Gasteiger partial charge in [0, 0.05) is 18.2 Å². The molecule has 2 heterocycles. The molecular weight excluding hydrogens is 400 g/mol. The van der Waals surface area contributed by atoms with Gasteiger partial charge in [-0.25, -0.2) is 0 Å². The van der Waals surface area contributed by atoms with Crippen molar-refractivity contribution in [3.05, 3.63) is 59.9 Å². The lowest BCUT2D eigenvalue weighted by Crippen LogP contribution is -2.30. The molecule has 5 rings (SSSR count). The Morgan fingerprint density at radius 2 is 1.97 bits per heavy atom. The van der Waals surface area contributed by atoms with Crippen molar-refractivity contribution in [2.45, 2.75) is 42.6 Å². The Bertz CT molecular complexity index is 1070. The van der Waals surface area contributed by atoms with Gasteiger partial charge in [0.25, 0.3) is 0 Å². The Labute approximate surface area is 178 Å². The van der Waals surface area contributed by atoms with Gasteiger partial charge in [-0.2, -0.15) is 0 Å². The lowest BCUT2D eigenvalue weighted by molar-refractivity contribution is -0.120. The van der Waals surface area contributed by atoms with Crippen LogP contribution in [0.3, 0.4) is 0 Å². The molecule has 8 heteroatoms. The first kappa shape index (κ1) is 19.0. The Morgan fingerprint density at radius 1 is 1.17 bits per heavy atom. The summed E-state index contributed by atoms with van der Waals surface area (Å²) >= 11 is 1.43. The molecule has 1 atom stereocenters. The van der Waals surface area contributed by atoms with Crippen LogP contribution in [-0.4, -0.2) is 32.7 Å². The van der Waals surface area contributed by atoms with Gasteiger partial charge in [0.1, 0.15) is 5.82 Å². The maximum atomic E-state index is 12.7. The summed E-state index contributed by atoms with van der Waals surface area (Å²) in [6.07, 6.45) is 2.28. The molecule has 1 aliphatic heterocycles. The highest BCUT2D eigenvalue weighted by Gasteiger charge is 2.31. The Hall–Kier alpha value is -3.00. The van der Waals surface area contributed by atoms with Crippen LogP contribution in [0.5, 0.6) is 11.5 Å². The van der Waals surface area contributed by atoms with Gasteiger partial charge in [-0.3, -0.25) is 9.36 Å². The zero-order valence-corrected chi connectivity index (χ0v) is 17.4. The highest BCUT2D eigenvalue weighted by Crippen LogP contribution is 2.41. The van der Waals surface area contributed by atoms with E-state index in [2.05, 4.69) is 20.1 Å². The number of rotatable bonds is 7. The molecule has 3 aromatic rings. The van der Waals surface area contributed by atoms with E-state index in [0.29, 0.717) is 18.2 Å². The van der Waals surface area contributed by atoms with Crippen LogP contribution in [0.1, 0.15) is 37.1 Å². The Balaban J connectivity index is 1.27. The van der Waals surface area contributed by atoms with E-state index in [-0.39, 0.29) is 18.0 Å². The van der Waals surface area contributed by atoms with Gasteiger partial charge in [0.15, 0.2) is 16.7 Å². The number of para-hydroxylation sites is 1. The van der Waals surface area contributed by atoms with Crippen LogP contribution in [0.15, 0.2) is 53.7 Å². The van der Waals surface area contributed by atoms with Crippen molar-refractivity contribution in [3.8, 4) is 17.2 Å². The number of carbonyl (C=O) groups excluding carboxylic acids is 1. The van der Waals surface area contributed by atoms with E-state index in [9.17, 15) is 4.79 Å². The second-order valence-corrected chi connectivity index (χ2v) is 8.76. The van der Waals surface area contributed by atoms with Crippen molar-refractivity contribution in [1.82, 2.24) is 20.1 Å². The molecule has 1 aromatic heterocycles. The average molecular weight is 423 g/mol. The highest BCUT2D eigenvalue weighted by molar-refractivity contribution is 8.00. The summed E-state index contributed by atoms with van der Waals surface area (Å²) in [6.45, 7) is 2.56. The molecule has 0 radical (unpaired) electrons. The number of nitrogens with one attached hydrogen (secondary N) is 1. The van der Waals surface area contributed by atoms with Crippen LogP contribution >= 0.6 is 11.8 Å². The van der Waals surface area contributed by atoms with E-state index in [0.717, 1.165) is 40.8 Å². The molecule has 1 aliphatic carbocycles. The Morgan fingerprint density at radius 3 is 2.77 bits per heavy atom. The number of nitrogens with zero attached hydrogens (tertiary/aromatic N) is 3. The lowest BCUT2D eigenvalue weighted by Gasteiger charge is -2.14. The lowest BCUT2D eigenvalue weighted by atomic mass is 10.2. The third-order valence-corrected chi connectivity index (χ3v) is 6.21. The molecular formula is C22H22N4O3S. The predicted octanol–water partition coefficient (Wildman–Crippen LogP) is 3.67. The molecule has 1 amide bonds. The third kappa shape index (κ3) is 3.87. The summed E-state index contributed by atoms with van der Waals surface area (Å²) in [4.78, 5) is 12.7. The van der Waals surface area contributed by atoms with Crippen LogP contribution in [0.2, 0.25) is 0 Å². The first-order valence-corrected chi connectivity index (χ1v) is 10.9. The first-order valence-electron chi connectivity index (χ1n) is 10.0. The van der Waals surface area contributed by atoms with Crippen LogP contribution < -0.4 is 14.8 Å². The number of amides is 1. The number of hydrogen-bond acceptors (Lipinski definition) is 6. The fraction of sp³-hybridized carbons (Fsp3) is 0.318. The zero-order valence-electron chi connectivity index (χ0n) is 16.6. The second kappa shape index (κ2) is 8.02. The van der Waals surface area contributed by atoms with Crippen LogP contribution in [0.25, 0.3) is 5.69 Å². The molecule has 0 saturated heterocycles. The van der Waals surface area contributed by atoms with Gasteiger partial charge in [-0.1, -0.05) is 36.0 Å². The molecule has 2 aromatic carbocycles. The van der Waals surface area contributed by atoms with E-state index in [1.807, 2.05) is 55.5 Å². The van der Waals surface area contributed by atoms with Crippen molar-refractivity contribution in [2.24, 2.45) is 0 Å². The summed E-state index contributed by atoms with van der Waals surface area (Å²) in [7, 11) is 0. The van der Waals surface area contributed by atoms with Crippen LogP contribution in [0.4, 0.5) is 0 Å². The topological polar surface area (TPSA) is 78.3 Å². The molecule has 1 saturated carbocycles. The quantitative estimate of drug-likeness (QED) is 0.586. The molecule has 0 bridgehead atoms. The summed E-state index contributed by atoms with van der Waals surface area (Å²) < 4.78 is 12.8. The van der Waals surface area contributed by atoms with Crippen molar-refractivity contribution >= 4 is 17.7 Å². The predicted molar refractivity (Wildman–Crippen MR) is 113 cm³/mol. The molecule has 154 valence electrons. The molecule has 30 heavy (non-hydrogen) atoms. The standard InChI is InChI=1S/C22H22N4O3S/c1-14(21(27)23-12-15-7-10-18-19(11-15)29-13-28-18)30-22-25-24-20(16-8-9-16)26(22)17-5-3-2-4-6-17/h2-7,10-11,14,16H,8-9,12-13H2,1H3,(H,23,27). The molecule has 1 fully saturated rings. The van der Waals surface area contributed by atoms with Gasteiger partial charge in [-0.15, -0.1) is 10.2 Å². The molecule has 7 nitrogen and oxygen atoms in total. The minimum Gasteiger partial charge on any atom is -0.454 e. The summed E-state index contributed by atoms with van der Waals surface area (Å²) in [5.41, 5.74) is 1.99. The maximum Gasteiger partial charge on any atom is 0.233 e.